The maximum atomic E-state index is 2.66. The van der Waals surface area contributed by atoms with Gasteiger partial charge in [0, 0.05) is 12.1 Å². The van der Waals surface area contributed by atoms with Crippen molar-refractivity contribution < 1.29 is 0 Å². The van der Waals surface area contributed by atoms with E-state index in [-0.39, 0.29) is 0 Å². The summed E-state index contributed by atoms with van der Waals surface area (Å²) >= 11 is 0. The maximum absolute atomic E-state index is 2.66. The molecular formula is C25H31N. The van der Waals surface area contributed by atoms with Crippen LogP contribution in [0.3, 0.4) is 0 Å². The second-order valence-corrected chi connectivity index (χ2v) is 8.35. The van der Waals surface area contributed by atoms with Crippen LogP contribution >= 0.6 is 0 Å². The Morgan fingerprint density at radius 2 is 1.35 bits per heavy atom. The average Bonchev–Trinajstić information content (AvgIpc) is 2.62. The molecule has 1 heteroatoms. The molecule has 2 heterocycles. The van der Waals surface area contributed by atoms with E-state index in [1.54, 1.807) is 0 Å². The first-order valence-electron chi connectivity index (χ1n) is 10.2. The van der Waals surface area contributed by atoms with Gasteiger partial charge in [-0.2, -0.15) is 0 Å². The number of hydrogen-bond acceptors (Lipinski definition) is 1. The molecule has 2 fully saturated rings. The molecule has 2 saturated heterocycles. The summed E-state index contributed by atoms with van der Waals surface area (Å²) in [6.45, 7) is 4.48. The molecule has 2 aliphatic rings. The molecule has 2 aromatic rings. The van der Waals surface area contributed by atoms with Gasteiger partial charge in [0.05, 0.1) is 0 Å². The van der Waals surface area contributed by atoms with Crippen LogP contribution in [0.1, 0.15) is 54.4 Å². The Hall–Kier alpha value is -1.86. The van der Waals surface area contributed by atoms with Crippen molar-refractivity contribution in [2.24, 2.45) is 5.92 Å². The van der Waals surface area contributed by atoms with Gasteiger partial charge < -0.3 is 4.90 Å². The fourth-order valence-corrected chi connectivity index (χ4v) is 5.10. The van der Waals surface area contributed by atoms with Crippen molar-refractivity contribution in [1.29, 1.82) is 0 Å². The zero-order valence-electron chi connectivity index (χ0n) is 16.4. The molecule has 0 saturated carbocycles. The lowest BCUT2D eigenvalue weighted by atomic mass is 9.77. The van der Waals surface area contributed by atoms with Crippen molar-refractivity contribution in [2.75, 3.05) is 7.05 Å². The number of fused-ring (bicyclic) bond motifs is 2. The van der Waals surface area contributed by atoms with Crippen molar-refractivity contribution in [3.05, 3.63) is 76.9 Å². The molecule has 0 N–H and O–H groups in total. The molecule has 2 aromatic carbocycles. The van der Waals surface area contributed by atoms with Crippen molar-refractivity contribution in [1.82, 2.24) is 4.90 Å². The number of nitrogens with zero attached hydrogens (tertiary/aromatic N) is 1. The largest absolute Gasteiger partial charge is 0.300 e. The topological polar surface area (TPSA) is 3.24 Å². The first-order valence-corrected chi connectivity index (χ1v) is 10.2. The number of rotatable bonds is 3. The van der Waals surface area contributed by atoms with Gasteiger partial charge in [-0.1, -0.05) is 61.0 Å². The van der Waals surface area contributed by atoms with Crippen molar-refractivity contribution >= 4 is 5.57 Å². The van der Waals surface area contributed by atoms with Crippen LogP contribution in [-0.4, -0.2) is 24.0 Å². The fraction of sp³-hybridized carbons (Fsp3) is 0.440. The molecule has 0 aliphatic carbocycles. The highest BCUT2D eigenvalue weighted by molar-refractivity contribution is 5.82. The summed E-state index contributed by atoms with van der Waals surface area (Å²) in [7, 11) is 2.35. The normalized spacial score (nSPS) is 25.7. The average molecular weight is 346 g/mol. The quantitative estimate of drug-likeness (QED) is 0.659. The van der Waals surface area contributed by atoms with E-state index in [1.807, 2.05) is 0 Å². The second kappa shape index (κ2) is 7.40. The van der Waals surface area contributed by atoms with Gasteiger partial charge in [-0.25, -0.2) is 0 Å². The zero-order chi connectivity index (χ0) is 18.1. The van der Waals surface area contributed by atoms with Crippen LogP contribution in [0, 0.1) is 19.8 Å². The molecule has 0 aromatic heterocycles. The minimum absolute atomic E-state index is 0.690. The van der Waals surface area contributed by atoms with Gasteiger partial charge in [-0.05, 0) is 80.3 Å². The lowest BCUT2D eigenvalue weighted by Crippen LogP contribution is -2.49. The monoisotopic (exact) mass is 345 g/mol. The van der Waals surface area contributed by atoms with E-state index in [2.05, 4.69) is 80.4 Å². The third kappa shape index (κ3) is 3.38. The Morgan fingerprint density at radius 3 is 1.85 bits per heavy atom. The van der Waals surface area contributed by atoms with Gasteiger partial charge in [-0.3, -0.25) is 0 Å². The summed E-state index contributed by atoms with van der Waals surface area (Å²) < 4.78 is 0. The molecule has 2 atom stereocenters. The lowest BCUT2D eigenvalue weighted by molar-refractivity contribution is 0.0486. The molecule has 2 unspecified atom stereocenters. The number of piperidine rings is 2. The minimum atomic E-state index is 0.690. The van der Waals surface area contributed by atoms with Crippen molar-refractivity contribution in [3.8, 4) is 0 Å². The molecular weight excluding hydrogens is 314 g/mol. The van der Waals surface area contributed by atoms with Gasteiger partial charge >= 0.3 is 0 Å². The number of allylic oxidation sites excluding steroid dienone is 1. The van der Waals surface area contributed by atoms with E-state index in [9.17, 15) is 0 Å². The Kier molecular flexibility index (Phi) is 5.00. The number of aryl methyl sites for hydroxylation is 2. The molecule has 2 bridgehead atoms. The first kappa shape index (κ1) is 17.5. The van der Waals surface area contributed by atoms with Crippen LogP contribution in [0.25, 0.3) is 5.57 Å². The molecule has 136 valence electrons. The van der Waals surface area contributed by atoms with Gasteiger partial charge in [-0.15, -0.1) is 0 Å². The zero-order valence-corrected chi connectivity index (χ0v) is 16.4. The molecule has 1 nitrogen and oxygen atoms in total. The van der Waals surface area contributed by atoms with E-state index in [0.29, 0.717) is 5.92 Å². The van der Waals surface area contributed by atoms with Crippen LogP contribution in [0.5, 0.6) is 0 Å². The van der Waals surface area contributed by atoms with E-state index >= 15 is 0 Å². The van der Waals surface area contributed by atoms with Gasteiger partial charge in [0.25, 0.3) is 0 Å². The Labute approximate surface area is 158 Å². The Balaban J connectivity index is 1.75. The second-order valence-electron chi connectivity index (χ2n) is 8.35. The van der Waals surface area contributed by atoms with Crippen LogP contribution in [0.15, 0.2) is 54.6 Å². The molecule has 0 spiro atoms. The highest BCUT2D eigenvalue weighted by Gasteiger charge is 2.35. The number of hydrogen-bond donors (Lipinski definition) is 0. The smallest absolute Gasteiger partial charge is 0.0101 e. The number of benzene rings is 2. The van der Waals surface area contributed by atoms with E-state index in [1.165, 1.54) is 59.9 Å². The summed E-state index contributed by atoms with van der Waals surface area (Å²) in [5, 5.41) is 0. The minimum Gasteiger partial charge on any atom is -0.300 e. The third-order valence-corrected chi connectivity index (χ3v) is 6.65. The predicted molar refractivity (Wildman–Crippen MR) is 111 cm³/mol. The lowest BCUT2D eigenvalue weighted by Gasteiger charge is -2.46. The summed E-state index contributed by atoms with van der Waals surface area (Å²) in [5.74, 6) is 0.690. The Bertz CT molecular complexity index is 742. The highest BCUT2D eigenvalue weighted by atomic mass is 15.2. The van der Waals surface area contributed by atoms with Crippen LogP contribution < -0.4 is 0 Å². The van der Waals surface area contributed by atoms with Crippen molar-refractivity contribution in [3.63, 3.8) is 0 Å². The maximum Gasteiger partial charge on any atom is 0.0101 e. The van der Waals surface area contributed by atoms with E-state index in [4.69, 9.17) is 0 Å². The van der Waals surface area contributed by atoms with E-state index < -0.39 is 0 Å². The van der Waals surface area contributed by atoms with Crippen molar-refractivity contribution in [2.45, 2.75) is 58.0 Å². The molecule has 0 radical (unpaired) electrons. The van der Waals surface area contributed by atoms with E-state index in [0.717, 1.165) is 12.1 Å². The van der Waals surface area contributed by atoms with Crippen LogP contribution in [0.4, 0.5) is 0 Å². The predicted octanol–water partition coefficient (Wildman–Crippen LogP) is 6.00. The van der Waals surface area contributed by atoms with Gasteiger partial charge in [0.1, 0.15) is 0 Å². The molecule has 26 heavy (non-hydrogen) atoms. The summed E-state index contributed by atoms with van der Waals surface area (Å²) in [6.07, 6.45) is 9.41. The molecule has 4 rings (SSSR count). The van der Waals surface area contributed by atoms with Gasteiger partial charge in [0.15, 0.2) is 0 Å². The van der Waals surface area contributed by atoms with Gasteiger partial charge in [0.2, 0.25) is 0 Å². The third-order valence-electron chi connectivity index (χ3n) is 6.65. The summed E-state index contributed by atoms with van der Waals surface area (Å²) in [4.78, 5) is 2.66. The first-order chi connectivity index (χ1) is 12.6. The SMILES string of the molecule is Cc1ccccc1C(=CC1CC2CCCC(C1)N2C)c1ccccc1C. The fourth-order valence-electron chi connectivity index (χ4n) is 5.10. The molecule has 0 amide bonds. The highest BCUT2D eigenvalue weighted by Crippen LogP contribution is 2.39. The van der Waals surface area contributed by atoms with Crippen LogP contribution in [0.2, 0.25) is 0 Å². The standard InChI is InChI=1S/C25H31N/c1-18-9-4-6-13-23(18)25(24-14-7-5-10-19(24)2)17-20-15-21-11-8-12-22(16-20)26(21)3/h4-7,9-10,13-14,17,20-22H,8,11-12,15-16H2,1-3H3. The summed E-state index contributed by atoms with van der Waals surface area (Å²) in [5.41, 5.74) is 6.97. The van der Waals surface area contributed by atoms with Crippen LogP contribution in [-0.2, 0) is 0 Å². The summed E-state index contributed by atoms with van der Waals surface area (Å²) in [6, 6.07) is 19.3. The molecule has 2 aliphatic heterocycles. The Morgan fingerprint density at radius 1 is 0.846 bits per heavy atom.